The van der Waals surface area contributed by atoms with Gasteiger partial charge in [-0.25, -0.2) is 0 Å². The molecule has 2 rings (SSSR count). The second-order valence-corrected chi connectivity index (χ2v) is 6.57. The van der Waals surface area contributed by atoms with Crippen molar-refractivity contribution in [1.29, 1.82) is 5.26 Å². The molecule has 20 heavy (non-hydrogen) atoms. The minimum absolute atomic E-state index is 0.281. The first-order valence-electron chi connectivity index (χ1n) is 8.15. The second-order valence-electron chi connectivity index (χ2n) is 6.57. The molecule has 2 aliphatic rings. The Morgan fingerprint density at radius 1 is 1.35 bits per heavy atom. The molecule has 0 bridgehead atoms. The molecule has 0 aromatic carbocycles. The SMILES string of the molecule is CC(C)NC1(C#N)CCCC1CCN1CCCOCC1. The van der Waals surface area contributed by atoms with Crippen molar-refractivity contribution in [3.8, 4) is 6.07 Å². The van der Waals surface area contributed by atoms with Crippen LogP contribution in [-0.4, -0.2) is 49.3 Å². The van der Waals surface area contributed by atoms with Crippen LogP contribution < -0.4 is 5.32 Å². The largest absolute Gasteiger partial charge is 0.380 e. The molecule has 0 spiro atoms. The standard InChI is InChI=1S/C16H29N3O/c1-14(2)18-16(13-17)7-3-5-15(16)6-9-19-8-4-11-20-12-10-19/h14-15,18H,3-12H2,1-2H3. The summed E-state index contributed by atoms with van der Waals surface area (Å²) in [6.07, 6.45) is 5.65. The highest BCUT2D eigenvalue weighted by atomic mass is 16.5. The van der Waals surface area contributed by atoms with E-state index < -0.39 is 0 Å². The Labute approximate surface area is 123 Å². The van der Waals surface area contributed by atoms with E-state index in [1.54, 1.807) is 0 Å². The number of ether oxygens (including phenoxy) is 1. The lowest BCUT2D eigenvalue weighted by molar-refractivity contribution is 0.139. The van der Waals surface area contributed by atoms with Gasteiger partial charge in [-0.2, -0.15) is 5.26 Å². The maximum absolute atomic E-state index is 9.67. The fourth-order valence-electron chi connectivity index (χ4n) is 3.71. The highest BCUT2D eigenvalue weighted by molar-refractivity contribution is 5.14. The van der Waals surface area contributed by atoms with Crippen LogP contribution in [0.15, 0.2) is 0 Å². The first-order chi connectivity index (χ1) is 9.66. The molecular weight excluding hydrogens is 250 g/mol. The van der Waals surface area contributed by atoms with Crippen molar-refractivity contribution >= 4 is 0 Å². The Bertz CT molecular complexity index is 331. The average molecular weight is 279 g/mol. The number of nitriles is 1. The Balaban J connectivity index is 1.88. The van der Waals surface area contributed by atoms with Gasteiger partial charge >= 0.3 is 0 Å². The van der Waals surface area contributed by atoms with Gasteiger partial charge in [0.2, 0.25) is 0 Å². The summed E-state index contributed by atoms with van der Waals surface area (Å²) in [6, 6.07) is 2.98. The van der Waals surface area contributed by atoms with Gasteiger partial charge in [0.25, 0.3) is 0 Å². The smallest absolute Gasteiger partial charge is 0.109 e. The summed E-state index contributed by atoms with van der Waals surface area (Å²) in [5, 5.41) is 13.2. The van der Waals surface area contributed by atoms with Crippen LogP contribution >= 0.6 is 0 Å². The fourth-order valence-corrected chi connectivity index (χ4v) is 3.71. The Morgan fingerprint density at radius 3 is 2.95 bits per heavy atom. The third-order valence-electron chi connectivity index (χ3n) is 4.68. The molecule has 0 aromatic rings. The van der Waals surface area contributed by atoms with Crippen LogP contribution in [0.25, 0.3) is 0 Å². The summed E-state index contributed by atoms with van der Waals surface area (Å²) >= 11 is 0. The molecule has 1 heterocycles. The number of hydrogen-bond donors (Lipinski definition) is 1. The van der Waals surface area contributed by atoms with E-state index in [4.69, 9.17) is 4.74 Å². The average Bonchev–Trinajstić information content (AvgIpc) is 2.63. The van der Waals surface area contributed by atoms with E-state index >= 15 is 0 Å². The van der Waals surface area contributed by atoms with Gasteiger partial charge < -0.3 is 9.64 Å². The summed E-state index contributed by atoms with van der Waals surface area (Å²) in [4.78, 5) is 2.50. The molecule has 4 heteroatoms. The lowest BCUT2D eigenvalue weighted by Gasteiger charge is -2.33. The van der Waals surface area contributed by atoms with Gasteiger partial charge in [0.1, 0.15) is 5.54 Å². The van der Waals surface area contributed by atoms with Gasteiger partial charge in [-0.15, -0.1) is 0 Å². The zero-order valence-corrected chi connectivity index (χ0v) is 13.0. The van der Waals surface area contributed by atoms with Crippen molar-refractivity contribution in [2.45, 2.75) is 57.5 Å². The predicted molar refractivity (Wildman–Crippen MR) is 80.4 cm³/mol. The number of hydrogen-bond acceptors (Lipinski definition) is 4. The van der Waals surface area contributed by atoms with Crippen molar-refractivity contribution in [3.63, 3.8) is 0 Å². The predicted octanol–water partition coefficient (Wildman–Crippen LogP) is 2.16. The van der Waals surface area contributed by atoms with Crippen LogP contribution in [-0.2, 0) is 4.74 Å². The zero-order valence-electron chi connectivity index (χ0n) is 13.0. The minimum atomic E-state index is -0.281. The molecule has 0 aromatic heterocycles. The van der Waals surface area contributed by atoms with Gasteiger partial charge in [-0.05, 0) is 52.0 Å². The molecule has 1 saturated heterocycles. The van der Waals surface area contributed by atoms with Gasteiger partial charge in [0.15, 0.2) is 0 Å². The van der Waals surface area contributed by atoms with Gasteiger partial charge in [0, 0.05) is 25.7 Å². The van der Waals surface area contributed by atoms with E-state index in [9.17, 15) is 5.26 Å². The van der Waals surface area contributed by atoms with Gasteiger partial charge in [-0.1, -0.05) is 6.42 Å². The van der Waals surface area contributed by atoms with Crippen LogP contribution in [0.3, 0.4) is 0 Å². The number of rotatable bonds is 5. The normalized spacial score (nSPS) is 32.2. The van der Waals surface area contributed by atoms with Crippen molar-refractivity contribution in [2.24, 2.45) is 5.92 Å². The number of nitrogens with one attached hydrogen (secondary N) is 1. The van der Waals surface area contributed by atoms with Crippen molar-refractivity contribution in [3.05, 3.63) is 0 Å². The summed E-state index contributed by atoms with van der Waals surface area (Å²) in [6.45, 7) is 9.33. The topological polar surface area (TPSA) is 48.3 Å². The molecule has 114 valence electrons. The lowest BCUT2D eigenvalue weighted by Crippen LogP contribution is -2.50. The molecule has 1 saturated carbocycles. The van der Waals surface area contributed by atoms with E-state index in [0.29, 0.717) is 12.0 Å². The minimum Gasteiger partial charge on any atom is -0.380 e. The maximum Gasteiger partial charge on any atom is 0.109 e. The molecule has 1 N–H and O–H groups in total. The number of nitrogens with zero attached hydrogens (tertiary/aromatic N) is 2. The van der Waals surface area contributed by atoms with E-state index in [1.165, 1.54) is 12.8 Å². The quantitative estimate of drug-likeness (QED) is 0.838. The fraction of sp³-hybridized carbons (Fsp3) is 0.938. The maximum atomic E-state index is 9.67. The molecule has 4 nitrogen and oxygen atoms in total. The van der Waals surface area contributed by atoms with Crippen molar-refractivity contribution < 1.29 is 4.74 Å². The Morgan fingerprint density at radius 2 is 2.20 bits per heavy atom. The van der Waals surface area contributed by atoms with Crippen LogP contribution in [0.5, 0.6) is 0 Å². The van der Waals surface area contributed by atoms with Crippen molar-refractivity contribution in [1.82, 2.24) is 10.2 Å². The third-order valence-corrected chi connectivity index (χ3v) is 4.68. The van der Waals surface area contributed by atoms with Crippen molar-refractivity contribution in [2.75, 3.05) is 32.8 Å². The second kappa shape index (κ2) is 7.40. The van der Waals surface area contributed by atoms with Crippen LogP contribution in [0, 0.1) is 17.2 Å². The summed E-state index contributed by atoms with van der Waals surface area (Å²) in [5.41, 5.74) is -0.281. The highest BCUT2D eigenvalue weighted by Crippen LogP contribution is 2.38. The molecule has 2 atom stereocenters. The Hall–Kier alpha value is -0.630. The third kappa shape index (κ3) is 3.94. The molecule has 1 aliphatic heterocycles. The molecule has 2 fully saturated rings. The summed E-state index contributed by atoms with van der Waals surface area (Å²) < 4.78 is 5.50. The molecule has 1 aliphatic carbocycles. The van der Waals surface area contributed by atoms with Crippen LogP contribution in [0.4, 0.5) is 0 Å². The van der Waals surface area contributed by atoms with E-state index in [2.05, 4.69) is 30.1 Å². The molecule has 0 amide bonds. The molecule has 2 unspecified atom stereocenters. The summed E-state index contributed by atoms with van der Waals surface area (Å²) in [7, 11) is 0. The lowest BCUT2D eigenvalue weighted by atomic mass is 9.85. The first kappa shape index (κ1) is 15.8. The van der Waals surface area contributed by atoms with E-state index in [-0.39, 0.29) is 5.54 Å². The first-order valence-corrected chi connectivity index (χ1v) is 8.15. The van der Waals surface area contributed by atoms with E-state index in [0.717, 1.165) is 52.1 Å². The van der Waals surface area contributed by atoms with Crippen LogP contribution in [0.2, 0.25) is 0 Å². The molecular formula is C16H29N3O. The highest BCUT2D eigenvalue weighted by Gasteiger charge is 2.43. The Kier molecular flexibility index (Phi) is 5.83. The van der Waals surface area contributed by atoms with Gasteiger partial charge in [-0.3, -0.25) is 5.32 Å². The van der Waals surface area contributed by atoms with E-state index in [1.807, 2.05) is 0 Å². The zero-order chi connectivity index (χ0) is 14.4. The monoisotopic (exact) mass is 279 g/mol. The summed E-state index contributed by atoms with van der Waals surface area (Å²) in [5.74, 6) is 0.499. The van der Waals surface area contributed by atoms with Crippen LogP contribution in [0.1, 0.15) is 46.0 Å². The molecule has 0 radical (unpaired) electrons. The van der Waals surface area contributed by atoms with Gasteiger partial charge in [0.05, 0.1) is 12.7 Å².